The van der Waals surface area contributed by atoms with Crippen molar-refractivity contribution in [2.75, 3.05) is 5.32 Å². The Morgan fingerprint density at radius 3 is 2.13 bits per heavy atom. The minimum atomic E-state index is -2.93. The Kier molecular flexibility index (Phi) is 6.74. The number of aryl methyl sites for hydroxylation is 2. The van der Waals surface area contributed by atoms with Crippen molar-refractivity contribution in [2.45, 2.75) is 20.5 Å². The molecular weight excluding hydrogens is 406 g/mol. The van der Waals surface area contributed by atoms with Crippen LogP contribution in [0.25, 0.3) is 11.5 Å². The zero-order valence-corrected chi connectivity index (χ0v) is 17.2. The first-order valence-corrected chi connectivity index (χ1v) is 9.58. The third-order valence-electron chi connectivity index (χ3n) is 4.47. The van der Waals surface area contributed by atoms with Crippen LogP contribution in [-0.2, 0) is 0 Å². The highest BCUT2D eigenvalue weighted by Gasteiger charge is 2.20. The molecule has 3 rings (SSSR count). The van der Waals surface area contributed by atoms with Crippen LogP contribution in [0.15, 0.2) is 73.1 Å². The van der Waals surface area contributed by atoms with Gasteiger partial charge in [-0.05, 0) is 48.4 Å². The van der Waals surface area contributed by atoms with Gasteiger partial charge in [-0.1, -0.05) is 48.6 Å². The monoisotopic (exact) mass is 426 g/mol. The predicted octanol–water partition coefficient (Wildman–Crippen LogP) is 4.32. The topological polar surface area (TPSA) is 48.2 Å². The number of anilines is 1. The first-order valence-electron chi connectivity index (χ1n) is 9.17. The summed E-state index contributed by atoms with van der Waals surface area (Å²) in [5.41, 5.74) is 3.38. The third kappa shape index (κ3) is 4.99. The van der Waals surface area contributed by atoms with Gasteiger partial charge in [0.1, 0.15) is 5.75 Å². The Hall–Kier alpha value is -3.32. The molecule has 30 heavy (non-hydrogen) atoms. The van der Waals surface area contributed by atoms with Gasteiger partial charge in [-0.3, -0.25) is 0 Å². The van der Waals surface area contributed by atoms with Gasteiger partial charge < -0.3 is 15.2 Å². The molecule has 0 saturated carbocycles. The van der Waals surface area contributed by atoms with Crippen LogP contribution in [0.1, 0.15) is 16.7 Å². The molecule has 0 amide bonds. The summed E-state index contributed by atoms with van der Waals surface area (Å²) in [5, 5.41) is 16.5. The van der Waals surface area contributed by atoms with E-state index < -0.39 is 6.61 Å². The van der Waals surface area contributed by atoms with Crippen LogP contribution in [0.3, 0.4) is 0 Å². The summed E-state index contributed by atoms with van der Waals surface area (Å²) in [7, 11) is 0. The maximum atomic E-state index is 13.3. The number of para-hydroxylation sites is 1. The number of nitrogens with one attached hydrogen (secondary N) is 1. The van der Waals surface area contributed by atoms with E-state index in [-0.39, 0.29) is 22.2 Å². The zero-order valence-electron chi connectivity index (χ0n) is 16.4. The molecule has 0 spiro atoms. The molecule has 154 valence electrons. The Morgan fingerprint density at radius 1 is 0.967 bits per heavy atom. The molecule has 0 aliphatic heterocycles. The Labute approximate surface area is 179 Å². The molecule has 0 aliphatic rings. The van der Waals surface area contributed by atoms with Gasteiger partial charge in [0, 0.05) is 17.8 Å². The van der Waals surface area contributed by atoms with E-state index >= 15 is 0 Å². The number of ether oxygens (including phenoxy) is 1. The lowest BCUT2D eigenvalue weighted by Gasteiger charge is -2.18. The van der Waals surface area contributed by atoms with Crippen LogP contribution in [0.2, 0.25) is 0 Å². The number of benzene rings is 2. The molecule has 0 bridgehead atoms. The van der Waals surface area contributed by atoms with Crippen molar-refractivity contribution in [2.24, 2.45) is 0 Å². The van der Waals surface area contributed by atoms with E-state index in [1.165, 1.54) is 24.3 Å². The van der Waals surface area contributed by atoms with Crippen LogP contribution in [0, 0.1) is 13.8 Å². The van der Waals surface area contributed by atoms with Gasteiger partial charge >= 0.3 is 6.61 Å². The number of aromatic nitrogens is 1. The van der Waals surface area contributed by atoms with Crippen molar-refractivity contribution in [3.63, 3.8) is 0 Å². The quantitative estimate of drug-likeness (QED) is 0.276. The third-order valence-corrected chi connectivity index (χ3v) is 4.76. The van der Waals surface area contributed by atoms with E-state index in [1.54, 1.807) is 29.1 Å². The van der Waals surface area contributed by atoms with Crippen molar-refractivity contribution >= 4 is 34.3 Å². The van der Waals surface area contributed by atoms with Gasteiger partial charge in [-0.2, -0.15) is 13.3 Å². The maximum absolute atomic E-state index is 13.3. The van der Waals surface area contributed by atoms with Crippen LogP contribution in [0.5, 0.6) is 5.75 Å². The smallest absolute Gasteiger partial charge is 0.387 e. The average Bonchev–Trinajstić information content (AvgIpc) is 2.72. The molecular formula is C23H20F2N2O2S. The highest BCUT2D eigenvalue weighted by molar-refractivity contribution is 7.81. The van der Waals surface area contributed by atoms with Crippen LogP contribution in [0.4, 0.5) is 14.5 Å². The van der Waals surface area contributed by atoms with Gasteiger partial charge in [-0.15, -0.1) is 0 Å². The molecule has 0 saturated heterocycles. The molecule has 0 aliphatic carbocycles. The summed E-state index contributed by atoms with van der Waals surface area (Å²) >= 11 is 5.60. The maximum Gasteiger partial charge on any atom is 0.387 e. The number of halogens is 2. The fraction of sp³-hybridized carbons (Fsp3) is 0.130. The highest BCUT2D eigenvalue weighted by atomic mass is 32.1. The normalized spacial score (nSPS) is 11.8. The van der Waals surface area contributed by atoms with Crippen LogP contribution >= 0.6 is 12.2 Å². The summed E-state index contributed by atoms with van der Waals surface area (Å²) in [4.78, 5) is 0.251. The molecule has 1 heterocycles. The van der Waals surface area contributed by atoms with Gasteiger partial charge in [0.25, 0.3) is 0 Å². The lowest BCUT2D eigenvalue weighted by molar-refractivity contribution is -0.577. The Bertz CT molecular complexity index is 1050. The lowest BCUT2D eigenvalue weighted by Crippen LogP contribution is -2.40. The van der Waals surface area contributed by atoms with E-state index in [0.29, 0.717) is 5.56 Å². The second-order valence-corrected chi connectivity index (χ2v) is 6.99. The van der Waals surface area contributed by atoms with Gasteiger partial charge in [-0.25, -0.2) is 0 Å². The van der Waals surface area contributed by atoms with Gasteiger partial charge in [0.15, 0.2) is 17.4 Å². The largest absolute Gasteiger partial charge is 0.867 e. The Morgan fingerprint density at radius 2 is 1.57 bits per heavy atom. The number of rotatable bonds is 6. The first kappa shape index (κ1) is 21.4. The standard InChI is InChI=1S/C23H20F2N2O2S/c1-15-7-6-8-16(2)19(15)26-22(30)20(27-13-4-3-5-14-27)21(28)17-9-11-18(12-10-17)29-23(24)25/h3-14,23H,1-2H3,(H-,26,28,30). The number of hydrogen-bond donors (Lipinski definition) is 1. The number of nitrogens with zero attached hydrogens (tertiary/aromatic N) is 1. The number of hydrogen-bond acceptors (Lipinski definition) is 3. The molecule has 1 aromatic heterocycles. The molecule has 7 heteroatoms. The van der Waals surface area contributed by atoms with Crippen molar-refractivity contribution in [3.05, 3.63) is 89.7 Å². The highest BCUT2D eigenvalue weighted by Crippen LogP contribution is 2.23. The first-order chi connectivity index (χ1) is 14.4. The molecule has 0 fully saturated rings. The van der Waals surface area contributed by atoms with E-state index in [9.17, 15) is 13.9 Å². The summed E-state index contributed by atoms with van der Waals surface area (Å²) in [6.45, 7) is 0.982. The second-order valence-electron chi connectivity index (χ2n) is 6.58. The minimum Gasteiger partial charge on any atom is -0.867 e. The fourth-order valence-electron chi connectivity index (χ4n) is 2.99. The molecule has 0 atom stereocenters. The summed E-state index contributed by atoms with van der Waals surface area (Å²) < 4.78 is 30.8. The van der Waals surface area contributed by atoms with E-state index in [4.69, 9.17) is 12.2 Å². The SMILES string of the molecule is Cc1cccc(C)c1NC(=S)/C(=C(\[O-])c1ccc(OC(F)F)cc1)[n+]1ccccc1. The van der Waals surface area contributed by atoms with Crippen LogP contribution in [-0.4, -0.2) is 11.6 Å². The van der Waals surface area contributed by atoms with Crippen molar-refractivity contribution < 1.29 is 23.2 Å². The lowest BCUT2D eigenvalue weighted by atomic mass is 10.1. The summed E-state index contributed by atoms with van der Waals surface area (Å²) in [5.74, 6) is -0.370. The number of alkyl halides is 2. The molecule has 0 radical (unpaired) electrons. The van der Waals surface area contributed by atoms with Gasteiger partial charge in [0.2, 0.25) is 5.70 Å². The van der Waals surface area contributed by atoms with E-state index in [0.717, 1.165) is 16.8 Å². The number of thiocarbonyl (C=S) groups is 1. The molecule has 4 nitrogen and oxygen atoms in total. The molecule has 3 aromatic rings. The van der Waals surface area contributed by atoms with Crippen LogP contribution < -0.4 is 19.7 Å². The second kappa shape index (κ2) is 9.45. The zero-order chi connectivity index (χ0) is 21.7. The van der Waals surface area contributed by atoms with Crippen molar-refractivity contribution in [1.29, 1.82) is 0 Å². The number of pyridine rings is 1. The summed E-state index contributed by atoms with van der Waals surface area (Å²) in [6.07, 6.45) is 3.44. The predicted molar refractivity (Wildman–Crippen MR) is 115 cm³/mol. The molecule has 1 N–H and O–H groups in total. The van der Waals surface area contributed by atoms with Crippen molar-refractivity contribution in [1.82, 2.24) is 0 Å². The average molecular weight is 426 g/mol. The van der Waals surface area contributed by atoms with E-state index in [1.807, 2.05) is 38.1 Å². The van der Waals surface area contributed by atoms with Gasteiger partial charge in [0.05, 0.1) is 0 Å². The van der Waals surface area contributed by atoms with E-state index in [2.05, 4.69) is 10.1 Å². The molecule has 2 aromatic carbocycles. The summed E-state index contributed by atoms with van der Waals surface area (Å²) in [6, 6.07) is 16.8. The molecule has 0 unspecified atom stereocenters. The van der Waals surface area contributed by atoms with Crippen molar-refractivity contribution in [3.8, 4) is 5.75 Å². The Balaban J connectivity index is 2.03. The minimum absolute atomic E-state index is 0.0216. The fourth-order valence-corrected chi connectivity index (χ4v) is 3.29.